The number of benzene rings is 1. The number of nitrogens with one attached hydrogen (secondary N) is 2. The smallest absolute Gasteiger partial charge is 0.422 e. The van der Waals surface area contributed by atoms with Gasteiger partial charge in [-0.25, -0.2) is 4.39 Å². The first-order chi connectivity index (χ1) is 10.8. The Bertz CT molecular complexity index is 545. The molecule has 2 N–H and O–H groups in total. The second-order valence-electron chi connectivity index (χ2n) is 5.02. The van der Waals surface area contributed by atoms with Crippen LogP contribution in [0.5, 0.6) is 5.75 Å². The molecule has 0 radical (unpaired) electrons. The molecule has 1 amide bonds. The Morgan fingerprint density at radius 1 is 1.43 bits per heavy atom. The van der Waals surface area contributed by atoms with Gasteiger partial charge in [-0.2, -0.15) is 13.2 Å². The number of amides is 1. The number of hydrogen-bond donors (Lipinski definition) is 2. The largest absolute Gasteiger partial charge is 0.482 e. The number of anilines is 1. The van der Waals surface area contributed by atoms with Gasteiger partial charge in [-0.15, -0.1) is 0 Å². The molecular weight excluding hydrogens is 320 g/mol. The maximum absolute atomic E-state index is 13.3. The number of carbonyl (C=O) groups excluding carboxylic acids is 1. The van der Waals surface area contributed by atoms with E-state index in [0.717, 1.165) is 18.2 Å². The van der Waals surface area contributed by atoms with Gasteiger partial charge >= 0.3 is 6.18 Å². The van der Waals surface area contributed by atoms with Crippen LogP contribution in [0.15, 0.2) is 18.2 Å². The van der Waals surface area contributed by atoms with Crippen molar-refractivity contribution < 1.29 is 31.8 Å². The van der Waals surface area contributed by atoms with Crippen LogP contribution >= 0.6 is 0 Å². The fraction of sp³-hybridized carbons (Fsp3) is 0.500. The molecule has 1 atom stereocenters. The minimum atomic E-state index is -4.53. The molecule has 1 aromatic rings. The van der Waals surface area contributed by atoms with Gasteiger partial charge in [-0.05, 0) is 12.1 Å². The molecule has 0 saturated carbocycles. The number of hydrogen-bond acceptors (Lipinski definition) is 4. The van der Waals surface area contributed by atoms with Crippen LogP contribution in [0.4, 0.5) is 23.2 Å². The van der Waals surface area contributed by atoms with Gasteiger partial charge in [0.05, 0.1) is 18.9 Å². The Morgan fingerprint density at radius 2 is 2.22 bits per heavy atom. The molecule has 0 aliphatic carbocycles. The molecule has 23 heavy (non-hydrogen) atoms. The van der Waals surface area contributed by atoms with E-state index in [2.05, 4.69) is 15.4 Å². The summed E-state index contributed by atoms with van der Waals surface area (Å²) in [5.41, 5.74) is -0.143. The molecule has 1 heterocycles. The Balaban J connectivity index is 1.99. The minimum Gasteiger partial charge on any atom is -0.482 e. The van der Waals surface area contributed by atoms with Crippen LogP contribution in [0.25, 0.3) is 0 Å². The summed E-state index contributed by atoms with van der Waals surface area (Å²) in [6, 6.07) is 2.71. The third-order valence-electron chi connectivity index (χ3n) is 3.04. The van der Waals surface area contributed by atoms with Crippen LogP contribution in [-0.2, 0) is 9.53 Å². The van der Waals surface area contributed by atoms with E-state index in [9.17, 15) is 22.4 Å². The van der Waals surface area contributed by atoms with Crippen LogP contribution < -0.4 is 15.4 Å². The van der Waals surface area contributed by atoms with Crippen LogP contribution in [0, 0.1) is 5.82 Å². The average Bonchev–Trinajstić information content (AvgIpc) is 2.46. The number of alkyl halides is 3. The summed E-state index contributed by atoms with van der Waals surface area (Å²) in [5.74, 6) is -1.42. The summed E-state index contributed by atoms with van der Waals surface area (Å²) in [6.45, 7) is -0.0111. The standard InChI is InChI=1S/C14H16F4N2O3/c15-9-1-2-12(23-8-14(16,17)18)11(5-9)20-13(21)6-10-7-22-4-3-19-10/h1-2,5,10,19H,3-4,6-8H2,(H,20,21). The monoisotopic (exact) mass is 336 g/mol. The first kappa shape index (κ1) is 17.5. The molecule has 1 unspecified atom stereocenters. The maximum atomic E-state index is 13.3. The van der Waals surface area contributed by atoms with Gasteiger partial charge in [0.1, 0.15) is 11.6 Å². The highest BCUT2D eigenvalue weighted by Gasteiger charge is 2.29. The van der Waals surface area contributed by atoms with Gasteiger partial charge < -0.3 is 20.1 Å². The molecule has 0 spiro atoms. The van der Waals surface area contributed by atoms with Crippen molar-refractivity contribution in [2.45, 2.75) is 18.6 Å². The third-order valence-corrected chi connectivity index (χ3v) is 3.04. The molecule has 1 aromatic carbocycles. The molecule has 0 aromatic heterocycles. The average molecular weight is 336 g/mol. The topological polar surface area (TPSA) is 59.6 Å². The van der Waals surface area contributed by atoms with E-state index in [4.69, 9.17) is 4.74 Å². The first-order valence-electron chi connectivity index (χ1n) is 6.93. The predicted octanol–water partition coefficient (Wildman–Crippen LogP) is 2.08. The van der Waals surface area contributed by atoms with Gasteiger partial charge in [-0.1, -0.05) is 0 Å². The Morgan fingerprint density at radius 3 is 2.87 bits per heavy atom. The summed E-state index contributed by atoms with van der Waals surface area (Å²) in [5, 5.41) is 5.43. The molecule has 128 valence electrons. The molecule has 1 fully saturated rings. The minimum absolute atomic E-state index is 0.0508. The molecule has 2 rings (SSSR count). The van der Waals surface area contributed by atoms with Gasteiger partial charge in [0.15, 0.2) is 6.61 Å². The van der Waals surface area contributed by atoms with Crippen molar-refractivity contribution in [3.8, 4) is 5.75 Å². The number of ether oxygens (including phenoxy) is 2. The van der Waals surface area contributed by atoms with Gasteiger partial charge in [0, 0.05) is 25.1 Å². The summed E-state index contributed by atoms with van der Waals surface area (Å²) in [4.78, 5) is 11.9. The van der Waals surface area contributed by atoms with Crippen molar-refractivity contribution in [2.75, 3.05) is 31.7 Å². The summed E-state index contributed by atoms with van der Waals surface area (Å²) >= 11 is 0. The van der Waals surface area contributed by atoms with E-state index >= 15 is 0 Å². The summed E-state index contributed by atoms with van der Waals surface area (Å²) in [7, 11) is 0. The Hall–Kier alpha value is -1.87. The normalized spacial score (nSPS) is 18.5. The van der Waals surface area contributed by atoms with Crippen LogP contribution in [-0.4, -0.2) is 44.5 Å². The van der Waals surface area contributed by atoms with Gasteiger partial charge in [0.2, 0.25) is 5.91 Å². The van der Waals surface area contributed by atoms with E-state index in [1.165, 1.54) is 0 Å². The quantitative estimate of drug-likeness (QED) is 0.809. The second-order valence-corrected chi connectivity index (χ2v) is 5.02. The van der Waals surface area contributed by atoms with E-state index < -0.39 is 24.5 Å². The van der Waals surface area contributed by atoms with E-state index in [-0.39, 0.29) is 23.9 Å². The highest BCUT2D eigenvalue weighted by Crippen LogP contribution is 2.27. The number of carbonyl (C=O) groups is 1. The fourth-order valence-corrected chi connectivity index (χ4v) is 2.06. The van der Waals surface area contributed by atoms with Crippen molar-refractivity contribution in [2.24, 2.45) is 0 Å². The summed E-state index contributed by atoms with van der Waals surface area (Å²) < 4.78 is 59.7. The van der Waals surface area contributed by atoms with Crippen molar-refractivity contribution in [3.05, 3.63) is 24.0 Å². The fourth-order valence-electron chi connectivity index (χ4n) is 2.06. The zero-order valence-electron chi connectivity index (χ0n) is 12.1. The molecule has 0 bridgehead atoms. The van der Waals surface area contributed by atoms with E-state index in [0.29, 0.717) is 19.8 Å². The van der Waals surface area contributed by atoms with Crippen LogP contribution in [0.2, 0.25) is 0 Å². The van der Waals surface area contributed by atoms with Crippen molar-refractivity contribution >= 4 is 11.6 Å². The first-order valence-corrected chi connectivity index (χ1v) is 6.93. The lowest BCUT2D eigenvalue weighted by molar-refractivity contribution is -0.153. The second kappa shape index (κ2) is 7.60. The van der Waals surface area contributed by atoms with Gasteiger partial charge in [-0.3, -0.25) is 4.79 Å². The molecule has 1 aliphatic heterocycles. The van der Waals surface area contributed by atoms with Crippen LogP contribution in [0.3, 0.4) is 0 Å². The zero-order valence-corrected chi connectivity index (χ0v) is 12.1. The molecule has 5 nitrogen and oxygen atoms in total. The molecule has 1 aliphatic rings. The highest BCUT2D eigenvalue weighted by molar-refractivity contribution is 5.92. The number of rotatable bonds is 5. The summed E-state index contributed by atoms with van der Waals surface area (Å²) in [6.07, 6.45) is -4.48. The van der Waals surface area contributed by atoms with Crippen molar-refractivity contribution in [1.82, 2.24) is 5.32 Å². The molecule has 1 saturated heterocycles. The van der Waals surface area contributed by atoms with E-state index in [1.54, 1.807) is 0 Å². The SMILES string of the molecule is O=C(CC1COCCN1)Nc1cc(F)ccc1OCC(F)(F)F. The zero-order chi connectivity index (χ0) is 16.9. The lowest BCUT2D eigenvalue weighted by Gasteiger charge is -2.23. The Kier molecular flexibility index (Phi) is 5.78. The molecular formula is C14H16F4N2O3. The third kappa shape index (κ3) is 6.03. The number of morpholine rings is 1. The van der Waals surface area contributed by atoms with Crippen molar-refractivity contribution in [1.29, 1.82) is 0 Å². The predicted molar refractivity (Wildman–Crippen MR) is 73.8 cm³/mol. The lowest BCUT2D eigenvalue weighted by atomic mass is 10.2. The van der Waals surface area contributed by atoms with Gasteiger partial charge in [0.25, 0.3) is 0 Å². The lowest BCUT2D eigenvalue weighted by Crippen LogP contribution is -2.43. The number of halogens is 4. The van der Waals surface area contributed by atoms with Crippen molar-refractivity contribution in [3.63, 3.8) is 0 Å². The maximum Gasteiger partial charge on any atom is 0.422 e. The molecule has 9 heteroatoms. The Labute approximate surface area is 129 Å². The van der Waals surface area contributed by atoms with E-state index in [1.807, 2.05) is 0 Å². The van der Waals surface area contributed by atoms with Crippen LogP contribution in [0.1, 0.15) is 6.42 Å². The highest BCUT2D eigenvalue weighted by atomic mass is 19.4.